The van der Waals surface area contributed by atoms with Gasteiger partial charge in [-0.15, -0.1) is 0 Å². The minimum atomic E-state index is -3.55. The predicted octanol–water partition coefficient (Wildman–Crippen LogP) is 2.07. The fourth-order valence-electron chi connectivity index (χ4n) is 2.78. The molecule has 1 aliphatic heterocycles. The summed E-state index contributed by atoms with van der Waals surface area (Å²) in [5.74, 6) is 0.425. The van der Waals surface area contributed by atoms with Crippen LogP contribution in [0.2, 0.25) is 0 Å². The van der Waals surface area contributed by atoms with Gasteiger partial charge in [0, 0.05) is 18.2 Å². The summed E-state index contributed by atoms with van der Waals surface area (Å²) in [6.45, 7) is 0. The minimum absolute atomic E-state index is 0.0358. The highest BCUT2D eigenvalue weighted by atomic mass is 32.2. The first-order chi connectivity index (χ1) is 12.0. The van der Waals surface area contributed by atoms with E-state index in [1.807, 2.05) is 24.3 Å². The molecule has 1 unspecified atom stereocenters. The summed E-state index contributed by atoms with van der Waals surface area (Å²) in [4.78, 5) is 12.6. The topological polar surface area (TPSA) is 84.5 Å². The number of para-hydroxylation sites is 1. The van der Waals surface area contributed by atoms with Gasteiger partial charge in [0.2, 0.25) is 10.0 Å². The van der Waals surface area contributed by atoms with E-state index in [0.717, 1.165) is 18.4 Å². The average molecular weight is 358 g/mol. The minimum Gasteiger partial charge on any atom is -0.480 e. The number of carbonyl (C=O) groups excluding carboxylic acids is 1. The second-order valence-corrected chi connectivity index (χ2v) is 8.04. The second kappa shape index (κ2) is 6.16. The summed E-state index contributed by atoms with van der Waals surface area (Å²) < 4.78 is 32.8. The molecule has 0 radical (unpaired) electrons. The summed E-state index contributed by atoms with van der Waals surface area (Å²) in [5.41, 5.74) is 1.43. The van der Waals surface area contributed by atoms with E-state index in [2.05, 4.69) is 10.0 Å². The highest BCUT2D eigenvalue weighted by molar-refractivity contribution is 7.89. The molecule has 2 aromatic carbocycles. The molecule has 0 aromatic heterocycles. The number of anilines is 1. The number of rotatable bonds is 5. The summed E-state index contributed by atoms with van der Waals surface area (Å²) in [7, 11) is -3.55. The van der Waals surface area contributed by atoms with Crippen molar-refractivity contribution in [3.05, 3.63) is 54.1 Å². The number of amides is 1. The first kappa shape index (κ1) is 16.1. The van der Waals surface area contributed by atoms with Crippen molar-refractivity contribution in [1.82, 2.24) is 4.72 Å². The Morgan fingerprint density at radius 2 is 1.88 bits per heavy atom. The maximum atomic E-state index is 12.4. The summed E-state index contributed by atoms with van der Waals surface area (Å²) in [6.07, 6.45) is 1.63. The number of fused-ring (bicyclic) bond motifs is 1. The second-order valence-electron chi connectivity index (χ2n) is 6.33. The van der Waals surface area contributed by atoms with Crippen LogP contribution in [0.25, 0.3) is 0 Å². The number of nitrogens with one attached hydrogen (secondary N) is 2. The van der Waals surface area contributed by atoms with Crippen LogP contribution in [0, 0.1) is 0 Å². The molecule has 1 atom stereocenters. The summed E-state index contributed by atoms with van der Waals surface area (Å²) in [5, 5.41) is 2.74. The Labute approximate surface area is 146 Å². The fourth-order valence-corrected chi connectivity index (χ4v) is 4.13. The Bertz CT molecular complexity index is 897. The van der Waals surface area contributed by atoms with E-state index in [0.29, 0.717) is 17.9 Å². The number of sulfonamides is 1. The van der Waals surface area contributed by atoms with Gasteiger partial charge < -0.3 is 10.1 Å². The maximum Gasteiger partial charge on any atom is 0.265 e. The van der Waals surface area contributed by atoms with Crippen molar-refractivity contribution in [1.29, 1.82) is 0 Å². The third-order valence-corrected chi connectivity index (χ3v) is 5.77. The molecule has 1 saturated carbocycles. The van der Waals surface area contributed by atoms with E-state index in [1.165, 1.54) is 12.1 Å². The molecule has 1 heterocycles. The van der Waals surface area contributed by atoms with Gasteiger partial charge >= 0.3 is 0 Å². The third-order valence-electron chi connectivity index (χ3n) is 4.25. The van der Waals surface area contributed by atoms with Crippen LogP contribution in [-0.2, 0) is 21.2 Å². The lowest BCUT2D eigenvalue weighted by molar-refractivity contribution is -0.122. The van der Waals surface area contributed by atoms with Crippen LogP contribution >= 0.6 is 0 Å². The summed E-state index contributed by atoms with van der Waals surface area (Å²) >= 11 is 0. The molecule has 1 aliphatic carbocycles. The number of hydrogen-bond acceptors (Lipinski definition) is 4. The standard InChI is InChI=1S/C18H18N2O4S/c21-18(17-10-12-4-1-2-7-16(12)24-17)19-14-5-3-6-15(11-14)25(22,23)20-13-8-9-13/h1-7,11,13,17,20H,8-10H2,(H,19,21). The van der Waals surface area contributed by atoms with Crippen molar-refractivity contribution < 1.29 is 17.9 Å². The zero-order chi connectivity index (χ0) is 17.4. The van der Waals surface area contributed by atoms with Crippen LogP contribution in [0.15, 0.2) is 53.4 Å². The van der Waals surface area contributed by atoms with Gasteiger partial charge in [-0.2, -0.15) is 0 Å². The van der Waals surface area contributed by atoms with Gasteiger partial charge in [-0.25, -0.2) is 13.1 Å². The molecule has 1 fully saturated rings. The molecule has 0 saturated heterocycles. The number of carbonyl (C=O) groups is 1. The Morgan fingerprint density at radius 1 is 1.08 bits per heavy atom. The van der Waals surface area contributed by atoms with Crippen LogP contribution in [0.1, 0.15) is 18.4 Å². The van der Waals surface area contributed by atoms with E-state index >= 15 is 0 Å². The van der Waals surface area contributed by atoms with Gasteiger partial charge in [-0.3, -0.25) is 4.79 Å². The van der Waals surface area contributed by atoms with Gasteiger partial charge in [0.1, 0.15) is 5.75 Å². The quantitative estimate of drug-likeness (QED) is 0.857. The number of hydrogen-bond donors (Lipinski definition) is 2. The molecule has 2 aromatic rings. The lowest BCUT2D eigenvalue weighted by Gasteiger charge is -2.12. The zero-order valence-electron chi connectivity index (χ0n) is 13.4. The van der Waals surface area contributed by atoms with E-state index in [9.17, 15) is 13.2 Å². The zero-order valence-corrected chi connectivity index (χ0v) is 14.3. The molecule has 7 heteroatoms. The molecule has 25 heavy (non-hydrogen) atoms. The monoisotopic (exact) mass is 358 g/mol. The van der Waals surface area contributed by atoms with Crippen molar-refractivity contribution in [2.45, 2.75) is 36.3 Å². The maximum absolute atomic E-state index is 12.4. The lowest BCUT2D eigenvalue weighted by atomic mass is 10.1. The molecular weight excluding hydrogens is 340 g/mol. The van der Waals surface area contributed by atoms with Gasteiger partial charge in [-0.1, -0.05) is 24.3 Å². The van der Waals surface area contributed by atoms with Crippen molar-refractivity contribution in [3.63, 3.8) is 0 Å². The molecule has 1 amide bonds. The van der Waals surface area contributed by atoms with Crippen LogP contribution in [0.3, 0.4) is 0 Å². The molecule has 0 bridgehead atoms. The van der Waals surface area contributed by atoms with E-state index < -0.39 is 16.1 Å². The van der Waals surface area contributed by atoms with Crippen molar-refractivity contribution in [3.8, 4) is 5.75 Å². The van der Waals surface area contributed by atoms with E-state index in [-0.39, 0.29) is 16.8 Å². The molecule has 2 aliphatic rings. The van der Waals surface area contributed by atoms with Crippen molar-refractivity contribution in [2.24, 2.45) is 0 Å². The van der Waals surface area contributed by atoms with Gasteiger partial charge in [0.15, 0.2) is 6.10 Å². The molecular formula is C18H18N2O4S. The van der Waals surface area contributed by atoms with Gasteiger partial charge in [0.05, 0.1) is 4.90 Å². The Morgan fingerprint density at radius 3 is 2.64 bits per heavy atom. The van der Waals surface area contributed by atoms with Crippen LogP contribution < -0.4 is 14.8 Å². The molecule has 2 N–H and O–H groups in total. The van der Waals surface area contributed by atoms with Crippen molar-refractivity contribution >= 4 is 21.6 Å². The SMILES string of the molecule is O=C(Nc1cccc(S(=O)(=O)NC2CC2)c1)C1Cc2ccccc2O1. The largest absolute Gasteiger partial charge is 0.480 e. The smallest absolute Gasteiger partial charge is 0.265 e. The highest BCUT2D eigenvalue weighted by Gasteiger charge is 2.30. The highest BCUT2D eigenvalue weighted by Crippen LogP contribution is 2.29. The number of benzene rings is 2. The predicted molar refractivity (Wildman–Crippen MR) is 93.0 cm³/mol. The fraction of sp³-hybridized carbons (Fsp3) is 0.278. The molecule has 6 nitrogen and oxygen atoms in total. The van der Waals surface area contributed by atoms with Crippen LogP contribution in [-0.4, -0.2) is 26.5 Å². The van der Waals surface area contributed by atoms with Crippen LogP contribution in [0.4, 0.5) is 5.69 Å². The number of ether oxygens (including phenoxy) is 1. The Hall–Kier alpha value is -2.38. The molecule has 0 spiro atoms. The lowest BCUT2D eigenvalue weighted by Crippen LogP contribution is -2.31. The summed E-state index contributed by atoms with van der Waals surface area (Å²) in [6, 6.07) is 13.8. The van der Waals surface area contributed by atoms with E-state index in [1.54, 1.807) is 12.1 Å². The third kappa shape index (κ3) is 3.52. The first-order valence-electron chi connectivity index (χ1n) is 8.19. The van der Waals surface area contributed by atoms with Crippen molar-refractivity contribution in [2.75, 3.05) is 5.32 Å². The Kier molecular flexibility index (Phi) is 3.97. The normalized spacial score (nSPS) is 19.1. The molecule has 4 rings (SSSR count). The first-order valence-corrected chi connectivity index (χ1v) is 9.67. The molecule has 130 valence electrons. The Balaban J connectivity index is 1.46. The van der Waals surface area contributed by atoms with Gasteiger partial charge in [0.25, 0.3) is 5.91 Å². The van der Waals surface area contributed by atoms with Crippen LogP contribution in [0.5, 0.6) is 5.75 Å². The van der Waals surface area contributed by atoms with Gasteiger partial charge in [-0.05, 0) is 42.7 Å². The van der Waals surface area contributed by atoms with E-state index in [4.69, 9.17) is 4.74 Å². The average Bonchev–Trinajstić information content (AvgIpc) is 3.28.